The molecule has 0 spiro atoms. The summed E-state index contributed by atoms with van der Waals surface area (Å²) >= 11 is 0. The van der Waals surface area contributed by atoms with E-state index in [4.69, 9.17) is 4.42 Å². The number of rotatable bonds is 4. The minimum atomic E-state index is 0.185. The maximum atomic E-state index is 5.60. The third-order valence-electron chi connectivity index (χ3n) is 3.72. The quantitative estimate of drug-likeness (QED) is 0.878. The summed E-state index contributed by atoms with van der Waals surface area (Å²) in [4.78, 5) is 0. The molecule has 2 nitrogen and oxygen atoms in total. The van der Waals surface area contributed by atoms with Gasteiger partial charge >= 0.3 is 0 Å². The highest BCUT2D eigenvalue weighted by atomic mass is 16.3. The molecule has 1 unspecified atom stereocenters. The van der Waals surface area contributed by atoms with Gasteiger partial charge in [-0.1, -0.05) is 43.2 Å². The lowest BCUT2D eigenvalue weighted by Crippen LogP contribution is -2.31. The maximum absolute atomic E-state index is 5.60. The van der Waals surface area contributed by atoms with Crippen molar-refractivity contribution >= 4 is 0 Å². The van der Waals surface area contributed by atoms with Crippen molar-refractivity contribution in [3.05, 3.63) is 60.1 Å². The molecule has 1 aromatic heterocycles. The van der Waals surface area contributed by atoms with Crippen LogP contribution in [0.15, 0.2) is 53.1 Å². The van der Waals surface area contributed by atoms with Gasteiger partial charge in [-0.2, -0.15) is 0 Å². The fourth-order valence-electron chi connectivity index (χ4n) is 2.77. The molecule has 0 radical (unpaired) electrons. The third-order valence-corrected chi connectivity index (χ3v) is 3.72. The van der Waals surface area contributed by atoms with Gasteiger partial charge in [-0.05, 0) is 30.5 Å². The molecule has 1 saturated carbocycles. The fraction of sp³-hybridized carbons (Fsp3) is 0.375. The van der Waals surface area contributed by atoms with Crippen molar-refractivity contribution in [1.29, 1.82) is 0 Å². The normalized spacial score (nSPS) is 18.0. The van der Waals surface area contributed by atoms with Crippen LogP contribution in [0.4, 0.5) is 0 Å². The van der Waals surface area contributed by atoms with Crippen LogP contribution in [0.5, 0.6) is 0 Å². The van der Waals surface area contributed by atoms with Gasteiger partial charge in [0, 0.05) is 6.04 Å². The molecule has 1 aliphatic rings. The van der Waals surface area contributed by atoms with Crippen LogP contribution in [-0.2, 0) is 0 Å². The van der Waals surface area contributed by atoms with Crippen LogP contribution in [0, 0.1) is 0 Å². The monoisotopic (exact) mass is 241 g/mol. The van der Waals surface area contributed by atoms with E-state index in [1.165, 1.54) is 31.2 Å². The van der Waals surface area contributed by atoms with E-state index in [1.807, 2.05) is 6.07 Å². The second kappa shape index (κ2) is 5.40. The molecule has 1 fully saturated rings. The van der Waals surface area contributed by atoms with Crippen molar-refractivity contribution in [2.24, 2.45) is 0 Å². The Kier molecular flexibility index (Phi) is 3.47. The lowest BCUT2D eigenvalue weighted by atomic mass is 10.0. The van der Waals surface area contributed by atoms with Gasteiger partial charge in [0.1, 0.15) is 5.76 Å². The lowest BCUT2D eigenvalue weighted by Gasteiger charge is -2.21. The summed E-state index contributed by atoms with van der Waals surface area (Å²) in [7, 11) is 0. The Morgan fingerprint density at radius 2 is 1.78 bits per heavy atom. The summed E-state index contributed by atoms with van der Waals surface area (Å²) in [6, 6.07) is 15.4. The first-order valence-electron chi connectivity index (χ1n) is 6.78. The van der Waals surface area contributed by atoms with E-state index in [0.29, 0.717) is 6.04 Å². The molecule has 0 saturated heterocycles. The van der Waals surface area contributed by atoms with E-state index < -0.39 is 0 Å². The van der Waals surface area contributed by atoms with E-state index in [-0.39, 0.29) is 6.04 Å². The molecule has 1 heterocycles. The molecule has 1 aromatic carbocycles. The molecule has 94 valence electrons. The molecule has 2 heteroatoms. The van der Waals surface area contributed by atoms with Crippen LogP contribution < -0.4 is 5.32 Å². The van der Waals surface area contributed by atoms with Gasteiger partial charge in [0.05, 0.1) is 12.3 Å². The average Bonchev–Trinajstić information content (AvgIpc) is 3.10. The van der Waals surface area contributed by atoms with Gasteiger partial charge < -0.3 is 9.73 Å². The Hall–Kier alpha value is -1.54. The van der Waals surface area contributed by atoms with Crippen molar-refractivity contribution in [3.8, 4) is 0 Å². The lowest BCUT2D eigenvalue weighted by molar-refractivity contribution is 0.405. The summed E-state index contributed by atoms with van der Waals surface area (Å²) in [6.07, 6.45) is 7.00. The van der Waals surface area contributed by atoms with Gasteiger partial charge in [0.15, 0.2) is 0 Å². The van der Waals surface area contributed by atoms with E-state index in [2.05, 4.69) is 41.7 Å². The molecule has 2 aromatic rings. The van der Waals surface area contributed by atoms with Crippen LogP contribution in [0.1, 0.15) is 43.0 Å². The maximum Gasteiger partial charge on any atom is 0.125 e. The molecule has 1 aliphatic carbocycles. The zero-order valence-electron chi connectivity index (χ0n) is 10.5. The van der Waals surface area contributed by atoms with E-state index in [0.717, 1.165) is 5.76 Å². The second-order valence-electron chi connectivity index (χ2n) is 5.01. The molecular formula is C16H19NO. The first-order valence-corrected chi connectivity index (χ1v) is 6.78. The number of furan rings is 1. The smallest absolute Gasteiger partial charge is 0.125 e. The molecular weight excluding hydrogens is 222 g/mol. The first kappa shape index (κ1) is 11.5. The van der Waals surface area contributed by atoms with Crippen LogP contribution in [0.2, 0.25) is 0 Å². The summed E-state index contributed by atoms with van der Waals surface area (Å²) in [6.45, 7) is 0. The SMILES string of the molecule is c1ccc(C(NC2CCCC2)c2ccco2)cc1. The summed E-state index contributed by atoms with van der Waals surface area (Å²) in [5, 5.41) is 3.74. The predicted molar refractivity (Wildman–Crippen MR) is 72.4 cm³/mol. The van der Waals surface area contributed by atoms with Crippen molar-refractivity contribution in [2.75, 3.05) is 0 Å². The van der Waals surface area contributed by atoms with Gasteiger partial charge in [-0.25, -0.2) is 0 Å². The van der Waals surface area contributed by atoms with Crippen LogP contribution in [-0.4, -0.2) is 6.04 Å². The molecule has 0 aliphatic heterocycles. The van der Waals surface area contributed by atoms with Gasteiger partial charge in [0.2, 0.25) is 0 Å². The van der Waals surface area contributed by atoms with E-state index in [1.54, 1.807) is 6.26 Å². The summed E-state index contributed by atoms with van der Waals surface area (Å²) in [5.74, 6) is 1.01. The topological polar surface area (TPSA) is 25.2 Å². The Morgan fingerprint density at radius 1 is 1.00 bits per heavy atom. The first-order chi connectivity index (χ1) is 8.93. The molecule has 1 N–H and O–H groups in total. The van der Waals surface area contributed by atoms with E-state index in [9.17, 15) is 0 Å². The summed E-state index contributed by atoms with van der Waals surface area (Å²) in [5.41, 5.74) is 1.28. The number of nitrogens with one attached hydrogen (secondary N) is 1. The fourth-order valence-corrected chi connectivity index (χ4v) is 2.77. The average molecular weight is 241 g/mol. The van der Waals surface area contributed by atoms with Crippen molar-refractivity contribution in [1.82, 2.24) is 5.32 Å². The largest absolute Gasteiger partial charge is 0.467 e. The highest BCUT2D eigenvalue weighted by Gasteiger charge is 2.22. The summed E-state index contributed by atoms with van der Waals surface area (Å²) < 4.78 is 5.60. The number of hydrogen-bond donors (Lipinski definition) is 1. The third kappa shape index (κ3) is 2.49. The van der Waals surface area contributed by atoms with Crippen molar-refractivity contribution in [2.45, 2.75) is 37.8 Å². The van der Waals surface area contributed by atoms with Crippen molar-refractivity contribution in [3.63, 3.8) is 0 Å². The zero-order valence-corrected chi connectivity index (χ0v) is 10.5. The minimum absolute atomic E-state index is 0.185. The minimum Gasteiger partial charge on any atom is -0.467 e. The molecule has 18 heavy (non-hydrogen) atoms. The Bertz CT molecular complexity index is 457. The number of benzene rings is 1. The second-order valence-corrected chi connectivity index (χ2v) is 5.01. The van der Waals surface area contributed by atoms with Crippen LogP contribution in [0.25, 0.3) is 0 Å². The van der Waals surface area contributed by atoms with Gasteiger partial charge in [0.25, 0.3) is 0 Å². The highest BCUT2D eigenvalue weighted by molar-refractivity contribution is 5.26. The van der Waals surface area contributed by atoms with E-state index >= 15 is 0 Å². The Balaban J connectivity index is 1.84. The standard InChI is InChI=1S/C16H19NO/c1-2-7-13(8-3-1)16(15-11-6-12-18-15)17-14-9-4-5-10-14/h1-3,6-8,11-12,14,16-17H,4-5,9-10H2. The zero-order chi connectivity index (χ0) is 12.2. The van der Waals surface area contributed by atoms with Crippen molar-refractivity contribution < 1.29 is 4.42 Å². The van der Waals surface area contributed by atoms with Gasteiger partial charge in [-0.3, -0.25) is 0 Å². The molecule has 3 rings (SSSR count). The van der Waals surface area contributed by atoms with Crippen LogP contribution in [0.3, 0.4) is 0 Å². The Morgan fingerprint density at radius 3 is 2.44 bits per heavy atom. The Labute approximate surface area is 108 Å². The molecule has 0 bridgehead atoms. The molecule has 1 atom stereocenters. The van der Waals surface area contributed by atoms with Gasteiger partial charge in [-0.15, -0.1) is 0 Å². The molecule has 0 amide bonds. The highest BCUT2D eigenvalue weighted by Crippen LogP contribution is 2.27. The van der Waals surface area contributed by atoms with Crippen LogP contribution >= 0.6 is 0 Å². The predicted octanol–water partition coefficient (Wildman–Crippen LogP) is 3.90. The number of hydrogen-bond acceptors (Lipinski definition) is 2.